The Labute approximate surface area is 187 Å². The summed E-state index contributed by atoms with van der Waals surface area (Å²) in [6, 6.07) is 8.08. The van der Waals surface area contributed by atoms with Crippen molar-refractivity contribution in [3.63, 3.8) is 0 Å². The fraction of sp³-hybridized carbons (Fsp3) is 0.130. The number of benzene rings is 2. The Morgan fingerprint density at radius 1 is 1.09 bits per heavy atom. The van der Waals surface area contributed by atoms with Gasteiger partial charge in [0.05, 0.1) is 10.6 Å². The normalized spacial score (nSPS) is 11.5. The second-order valence-corrected chi connectivity index (χ2v) is 7.34. The molecule has 0 spiro atoms. The predicted octanol–water partition coefficient (Wildman–Crippen LogP) is 5.53. The number of hydrogen-bond donors (Lipinski definition) is 1. The third-order valence-electron chi connectivity index (χ3n) is 4.53. The Morgan fingerprint density at radius 3 is 2.50 bits per heavy atom. The highest BCUT2D eigenvalue weighted by Crippen LogP contribution is 2.35. The highest BCUT2D eigenvalue weighted by Gasteiger charge is 2.33. The van der Waals surface area contributed by atoms with Crippen LogP contribution < -0.4 is 5.32 Å². The molecule has 3 rings (SSSR count). The van der Waals surface area contributed by atoms with Crippen molar-refractivity contribution in [1.82, 2.24) is 9.97 Å². The number of carbonyl (C=O) groups is 2. The number of nitrogens with zero attached hydrogens (tertiary/aromatic N) is 2. The molecule has 1 amide bonds. The SMILES string of the molecule is Cc1ccc(C(=O)Cc2ccc(Cl)c(C(F)(F)F)c2)cc1NC(=O)/C=C/c1cncnc1. The molecule has 1 heterocycles. The molecule has 0 atom stereocenters. The Morgan fingerprint density at radius 2 is 1.81 bits per heavy atom. The summed E-state index contributed by atoms with van der Waals surface area (Å²) >= 11 is 5.63. The number of Topliss-reactive ketones (excluding diaryl/α,β-unsaturated/α-hetero) is 1. The largest absolute Gasteiger partial charge is 0.417 e. The molecule has 0 saturated carbocycles. The van der Waals surface area contributed by atoms with Gasteiger partial charge in [0.2, 0.25) is 5.91 Å². The molecule has 0 saturated heterocycles. The maximum atomic E-state index is 13.1. The van der Waals surface area contributed by atoms with Crippen LogP contribution in [0.5, 0.6) is 0 Å². The number of hydrogen-bond acceptors (Lipinski definition) is 4. The molecule has 0 unspecified atom stereocenters. The van der Waals surface area contributed by atoms with E-state index in [2.05, 4.69) is 15.3 Å². The van der Waals surface area contributed by atoms with E-state index >= 15 is 0 Å². The van der Waals surface area contributed by atoms with Gasteiger partial charge in [-0.25, -0.2) is 9.97 Å². The van der Waals surface area contributed by atoms with Crippen molar-refractivity contribution in [2.75, 3.05) is 5.32 Å². The van der Waals surface area contributed by atoms with E-state index in [0.717, 1.165) is 17.7 Å². The van der Waals surface area contributed by atoms with Gasteiger partial charge < -0.3 is 5.32 Å². The van der Waals surface area contributed by atoms with E-state index in [0.29, 0.717) is 11.3 Å². The lowest BCUT2D eigenvalue weighted by Crippen LogP contribution is -2.11. The highest BCUT2D eigenvalue weighted by molar-refractivity contribution is 6.31. The maximum Gasteiger partial charge on any atom is 0.417 e. The third-order valence-corrected chi connectivity index (χ3v) is 4.86. The molecule has 0 aliphatic carbocycles. The first-order valence-electron chi connectivity index (χ1n) is 9.37. The Bertz CT molecular complexity index is 1180. The van der Waals surface area contributed by atoms with Crippen molar-refractivity contribution in [1.29, 1.82) is 0 Å². The van der Waals surface area contributed by atoms with Crippen molar-refractivity contribution >= 4 is 35.1 Å². The van der Waals surface area contributed by atoms with Gasteiger partial charge in [-0.2, -0.15) is 13.2 Å². The number of aromatic nitrogens is 2. The number of anilines is 1. The Hall–Kier alpha value is -3.52. The number of rotatable bonds is 6. The monoisotopic (exact) mass is 459 g/mol. The van der Waals surface area contributed by atoms with Crippen molar-refractivity contribution < 1.29 is 22.8 Å². The smallest absolute Gasteiger partial charge is 0.322 e. The minimum Gasteiger partial charge on any atom is -0.322 e. The first-order valence-corrected chi connectivity index (χ1v) is 9.75. The van der Waals surface area contributed by atoms with Gasteiger partial charge in [-0.05, 0) is 42.3 Å². The fourth-order valence-corrected chi connectivity index (χ4v) is 3.08. The Balaban J connectivity index is 1.74. The van der Waals surface area contributed by atoms with E-state index in [9.17, 15) is 22.8 Å². The second kappa shape index (κ2) is 9.74. The van der Waals surface area contributed by atoms with E-state index in [1.54, 1.807) is 37.5 Å². The van der Waals surface area contributed by atoms with Crippen LogP contribution in [0.15, 0.2) is 61.2 Å². The van der Waals surface area contributed by atoms with E-state index in [-0.39, 0.29) is 17.5 Å². The van der Waals surface area contributed by atoms with Gasteiger partial charge in [-0.15, -0.1) is 0 Å². The van der Waals surface area contributed by atoms with Crippen molar-refractivity contribution in [2.45, 2.75) is 19.5 Å². The van der Waals surface area contributed by atoms with Gasteiger partial charge in [-0.3, -0.25) is 9.59 Å². The van der Waals surface area contributed by atoms with Crippen LogP contribution in [0.4, 0.5) is 18.9 Å². The van der Waals surface area contributed by atoms with Gasteiger partial charge in [0, 0.05) is 41.7 Å². The molecular weight excluding hydrogens is 443 g/mol. The number of aryl methyl sites for hydroxylation is 1. The molecule has 0 fully saturated rings. The fourth-order valence-electron chi connectivity index (χ4n) is 2.86. The number of ketones is 1. The summed E-state index contributed by atoms with van der Waals surface area (Å²) in [5.41, 5.74) is 1.24. The molecule has 1 aromatic heterocycles. The van der Waals surface area contributed by atoms with Crippen molar-refractivity contribution in [3.05, 3.63) is 94.0 Å². The molecule has 0 radical (unpaired) electrons. The minimum absolute atomic E-state index is 0.186. The summed E-state index contributed by atoms with van der Waals surface area (Å²) in [7, 11) is 0. The molecule has 2 aromatic carbocycles. The summed E-state index contributed by atoms with van der Waals surface area (Å²) in [5.74, 6) is -0.818. The Kier molecular flexibility index (Phi) is 7.05. The summed E-state index contributed by atoms with van der Waals surface area (Å²) in [5, 5.41) is 2.26. The molecule has 5 nitrogen and oxygen atoms in total. The molecule has 0 aliphatic heterocycles. The topological polar surface area (TPSA) is 72.0 Å². The van der Waals surface area contributed by atoms with Gasteiger partial charge in [0.1, 0.15) is 6.33 Å². The van der Waals surface area contributed by atoms with Gasteiger partial charge in [-0.1, -0.05) is 29.8 Å². The molecular formula is C23H17ClF3N3O2. The highest BCUT2D eigenvalue weighted by atomic mass is 35.5. The second-order valence-electron chi connectivity index (χ2n) is 6.94. The van der Waals surface area contributed by atoms with Crippen LogP contribution in [0, 0.1) is 6.92 Å². The number of carbonyl (C=O) groups excluding carboxylic acids is 2. The molecule has 32 heavy (non-hydrogen) atoms. The van der Waals surface area contributed by atoms with Crippen LogP contribution in [0.2, 0.25) is 5.02 Å². The van der Waals surface area contributed by atoms with Gasteiger partial charge >= 0.3 is 6.18 Å². The van der Waals surface area contributed by atoms with Crippen LogP contribution in [-0.4, -0.2) is 21.7 Å². The standard InChI is InChI=1S/C23H17ClF3N3O2/c1-14-2-5-17(10-20(14)30-22(32)7-4-16-11-28-13-29-12-16)21(31)9-15-3-6-19(24)18(8-15)23(25,26)27/h2-8,10-13H,9H2,1H3,(H,30,32)/b7-4+. The zero-order valence-electron chi connectivity index (χ0n) is 16.8. The average molecular weight is 460 g/mol. The molecule has 1 N–H and O–H groups in total. The van der Waals surface area contributed by atoms with Crippen LogP contribution in [0.1, 0.15) is 32.6 Å². The maximum absolute atomic E-state index is 13.1. The average Bonchev–Trinajstić information content (AvgIpc) is 2.75. The predicted molar refractivity (Wildman–Crippen MR) is 115 cm³/mol. The number of amides is 1. The summed E-state index contributed by atoms with van der Waals surface area (Å²) in [6.07, 6.45) is 2.45. The van der Waals surface area contributed by atoms with E-state index in [1.807, 2.05) is 0 Å². The molecule has 9 heteroatoms. The molecule has 0 aliphatic rings. The van der Waals surface area contributed by atoms with Crippen molar-refractivity contribution in [2.24, 2.45) is 0 Å². The zero-order valence-corrected chi connectivity index (χ0v) is 17.5. The zero-order chi connectivity index (χ0) is 23.3. The first kappa shape index (κ1) is 23.1. The number of nitrogens with one attached hydrogen (secondary N) is 1. The van der Waals surface area contributed by atoms with Crippen LogP contribution in [0.3, 0.4) is 0 Å². The van der Waals surface area contributed by atoms with Gasteiger partial charge in [0.25, 0.3) is 0 Å². The lowest BCUT2D eigenvalue weighted by atomic mass is 9.99. The minimum atomic E-state index is -4.61. The number of alkyl halides is 3. The van der Waals surface area contributed by atoms with Crippen LogP contribution in [0.25, 0.3) is 6.08 Å². The molecule has 164 valence electrons. The summed E-state index contributed by atoms with van der Waals surface area (Å²) in [4.78, 5) is 32.6. The first-order chi connectivity index (χ1) is 15.1. The number of halogens is 4. The lowest BCUT2D eigenvalue weighted by molar-refractivity contribution is -0.137. The quantitative estimate of drug-likeness (QED) is 0.388. The third kappa shape index (κ3) is 6.01. The van der Waals surface area contributed by atoms with E-state index in [4.69, 9.17) is 11.6 Å². The summed E-state index contributed by atoms with van der Waals surface area (Å²) in [6.45, 7) is 1.76. The lowest BCUT2D eigenvalue weighted by Gasteiger charge is -2.12. The van der Waals surface area contributed by atoms with E-state index < -0.39 is 28.5 Å². The van der Waals surface area contributed by atoms with Crippen molar-refractivity contribution in [3.8, 4) is 0 Å². The van der Waals surface area contributed by atoms with Crippen LogP contribution >= 0.6 is 11.6 Å². The molecule has 0 bridgehead atoms. The summed E-state index contributed by atoms with van der Waals surface area (Å²) < 4.78 is 39.2. The van der Waals surface area contributed by atoms with Gasteiger partial charge in [0.15, 0.2) is 5.78 Å². The van der Waals surface area contributed by atoms with Crippen LogP contribution in [-0.2, 0) is 17.4 Å². The molecule has 3 aromatic rings. The van der Waals surface area contributed by atoms with E-state index in [1.165, 1.54) is 24.5 Å².